The van der Waals surface area contributed by atoms with E-state index in [4.69, 9.17) is 6.85 Å². The molecule has 0 aliphatic rings. The largest absolute Gasteiger partial charge is 0.0636 e. The van der Waals surface area contributed by atoms with Crippen LogP contribution in [0.1, 0.15) is 9.60 Å². The molecule has 164 valence electrons. The molecule has 0 atom stereocenters. The van der Waals surface area contributed by atoms with Gasteiger partial charge in [-0.25, -0.2) is 0 Å². The SMILES string of the molecule is [2H]c1c([2H])c([2H])c2c(-c3cccc4c3ccc3ccccc34)c3c([2H])c([2H])c(-c4ccccc4)c([2H])c3c(Br)c2c1[2H]. The van der Waals surface area contributed by atoms with E-state index in [-0.39, 0.29) is 53.1 Å². The molecule has 0 saturated carbocycles. The Labute approximate surface area is 222 Å². The van der Waals surface area contributed by atoms with Crippen LogP contribution in [0.3, 0.4) is 0 Å². The van der Waals surface area contributed by atoms with Crippen LogP contribution in [0.4, 0.5) is 0 Å². The highest BCUT2D eigenvalue weighted by molar-refractivity contribution is 9.10. The van der Waals surface area contributed by atoms with Crippen molar-refractivity contribution >= 4 is 59.0 Å². The molecule has 0 bridgehead atoms. The summed E-state index contributed by atoms with van der Waals surface area (Å²) in [5.41, 5.74) is 2.01. The zero-order chi connectivity index (χ0) is 29.4. The van der Waals surface area contributed by atoms with Gasteiger partial charge in [-0.15, -0.1) is 0 Å². The third-order valence-electron chi connectivity index (χ3n) is 6.56. The topological polar surface area (TPSA) is 0 Å². The number of rotatable bonds is 2. The van der Waals surface area contributed by atoms with Crippen molar-refractivity contribution in [3.05, 3.63) is 132 Å². The third-order valence-corrected chi connectivity index (χ3v) is 7.35. The fourth-order valence-electron chi connectivity index (χ4n) is 4.95. The molecule has 35 heavy (non-hydrogen) atoms. The van der Waals surface area contributed by atoms with Gasteiger partial charge in [-0.2, -0.15) is 0 Å². The molecule has 0 aliphatic heterocycles. The smallest absolute Gasteiger partial charge is 0.0622 e. The number of benzene rings is 7. The van der Waals surface area contributed by atoms with Gasteiger partial charge in [0.25, 0.3) is 0 Å². The van der Waals surface area contributed by atoms with Gasteiger partial charge in [0.2, 0.25) is 0 Å². The Morgan fingerprint density at radius 1 is 0.486 bits per heavy atom. The second-order valence-electron chi connectivity index (χ2n) is 8.49. The Bertz CT molecular complexity index is 2280. The summed E-state index contributed by atoms with van der Waals surface area (Å²) in [6.07, 6.45) is 0. The van der Waals surface area contributed by atoms with Crippen molar-refractivity contribution in [2.75, 3.05) is 0 Å². The van der Waals surface area contributed by atoms with Crippen LogP contribution in [-0.4, -0.2) is 0 Å². The van der Waals surface area contributed by atoms with Crippen LogP contribution in [0.2, 0.25) is 0 Å². The third kappa shape index (κ3) is 3.20. The van der Waals surface area contributed by atoms with Crippen LogP contribution in [0.25, 0.3) is 65.3 Å². The average molecular weight is 516 g/mol. The lowest BCUT2D eigenvalue weighted by molar-refractivity contribution is 1.64. The molecule has 0 spiro atoms. The van der Waals surface area contributed by atoms with Gasteiger partial charge in [-0.05, 0) is 87.3 Å². The number of halogens is 1. The molecular formula is C34H21Br. The molecule has 0 nitrogen and oxygen atoms in total. The summed E-state index contributed by atoms with van der Waals surface area (Å²) in [6, 6.07) is 25.5. The lowest BCUT2D eigenvalue weighted by Crippen LogP contribution is -1.90. The van der Waals surface area contributed by atoms with E-state index in [0.29, 0.717) is 37.5 Å². The number of hydrogen-bond donors (Lipinski definition) is 0. The fourth-order valence-corrected chi connectivity index (χ4v) is 5.54. The van der Waals surface area contributed by atoms with Crippen molar-refractivity contribution < 1.29 is 9.60 Å². The predicted octanol–water partition coefficient (Wildman–Crippen LogP) is 10.4. The van der Waals surface area contributed by atoms with Crippen molar-refractivity contribution in [2.24, 2.45) is 0 Å². The molecule has 0 unspecified atom stereocenters. The first-order chi connectivity index (χ1) is 20.2. The molecule has 0 heterocycles. The Morgan fingerprint density at radius 3 is 2.11 bits per heavy atom. The summed E-state index contributed by atoms with van der Waals surface area (Å²) in [6.45, 7) is 0. The van der Waals surface area contributed by atoms with Gasteiger partial charge in [0.05, 0.1) is 9.60 Å². The average Bonchev–Trinajstić information content (AvgIpc) is 3.01. The van der Waals surface area contributed by atoms with E-state index in [0.717, 1.165) is 21.5 Å². The summed E-state index contributed by atoms with van der Waals surface area (Å²) in [5.74, 6) is 0. The molecular weight excluding hydrogens is 488 g/mol. The molecule has 0 radical (unpaired) electrons. The standard InChI is InChI=1S/C34H21Br/c35-34-31-14-7-6-13-29(31)33(30-20-18-24(21-32(30)34)22-9-2-1-3-10-22)28-16-8-15-26-25-12-5-4-11-23(25)17-19-27(26)28/h1-21H/i6D,7D,13D,14D,18D,20D,21D. The Hall–Kier alpha value is -3.94. The van der Waals surface area contributed by atoms with Crippen LogP contribution in [-0.2, 0) is 0 Å². The number of hydrogen-bond acceptors (Lipinski definition) is 0. The van der Waals surface area contributed by atoms with Gasteiger partial charge in [0.15, 0.2) is 0 Å². The van der Waals surface area contributed by atoms with Crippen LogP contribution in [0.15, 0.2) is 132 Å². The van der Waals surface area contributed by atoms with E-state index in [9.17, 15) is 2.74 Å². The van der Waals surface area contributed by atoms with Crippen LogP contribution in [0, 0.1) is 0 Å². The van der Waals surface area contributed by atoms with Gasteiger partial charge in [0, 0.05) is 4.47 Å². The highest BCUT2D eigenvalue weighted by Crippen LogP contribution is 2.45. The van der Waals surface area contributed by atoms with Crippen molar-refractivity contribution in [1.82, 2.24) is 0 Å². The Kier molecular flexibility index (Phi) is 3.34. The van der Waals surface area contributed by atoms with E-state index >= 15 is 0 Å². The maximum atomic E-state index is 9.36. The minimum atomic E-state index is -0.379. The van der Waals surface area contributed by atoms with Gasteiger partial charge >= 0.3 is 0 Å². The minimum absolute atomic E-state index is 0.0188. The maximum absolute atomic E-state index is 9.36. The Morgan fingerprint density at radius 2 is 1.23 bits per heavy atom. The van der Waals surface area contributed by atoms with Crippen molar-refractivity contribution in [3.8, 4) is 22.3 Å². The summed E-state index contributed by atoms with van der Waals surface area (Å²) in [4.78, 5) is 0. The molecule has 7 aromatic carbocycles. The van der Waals surface area contributed by atoms with E-state index in [1.807, 2.05) is 72.8 Å². The minimum Gasteiger partial charge on any atom is -0.0622 e. The molecule has 1 heteroatoms. The first kappa shape index (κ1) is 14.5. The molecule has 0 saturated heterocycles. The summed E-state index contributed by atoms with van der Waals surface area (Å²) >= 11 is 3.62. The van der Waals surface area contributed by atoms with E-state index in [1.54, 1.807) is 12.1 Å². The quantitative estimate of drug-likeness (QED) is 0.158. The monoisotopic (exact) mass is 515 g/mol. The molecule has 7 aromatic rings. The summed E-state index contributed by atoms with van der Waals surface area (Å²) < 4.78 is 62.9. The van der Waals surface area contributed by atoms with Crippen molar-refractivity contribution in [1.29, 1.82) is 0 Å². The molecule has 0 N–H and O–H groups in total. The molecule has 0 aliphatic carbocycles. The Balaban J connectivity index is 1.79. The fraction of sp³-hybridized carbons (Fsp3) is 0. The second kappa shape index (κ2) is 8.08. The molecule has 0 amide bonds. The molecule has 0 aromatic heterocycles. The van der Waals surface area contributed by atoms with Crippen molar-refractivity contribution in [2.45, 2.75) is 0 Å². The normalized spacial score (nSPS) is 14.4. The second-order valence-corrected chi connectivity index (χ2v) is 9.29. The van der Waals surface area contributed by atoms with Gasteiger partial charge in [-0.1, -0.05) is 121 Å². The van der Waals surface area contributed by atoms with E-state index in [1.165, 1.54) is 0 Å². The zero-order valence-corrected chi connectivity index (χ0v) is 20.0. The van der Waals surface area contributed by atoms with Crippen LogP contribution in [0.5, 0.6) is 0 Å². The van der Waals surface area contributed by atoms with Crippen LogP contribution < -0.4 is 0 Å². The lowest BCUT2D eigenvalue weighted by atomic mass is 9.87. The maximum Gasteiger partial charge on any atom is 0.0636 e. The van der Waals surface area contributed by atoms with Gasteiger partial charge in [-0.3, -0.25) is 0 Å². The molecule has 0 fully saturated rings. The first-order valence-corrected chi connectivity index (χ1v) is 12.1. The summed E-state index contributed by atoms with van der Waals surface area (Å²) in [7, 11) is 0. The number of fused-ring (bicyclic) bond motifs is 5. The molecule has 7 rings (SSSR count). The van der Waals surface area contributed by atoms with Gasteiger partial charge < -0.3 is 0 Å². The van der Waals surface area contributed by atoms with Crippen molar-refractivity contribution in [3.63, 3.8) is 0 Å². The predicted molar refractivity (Wildman–Crippen MR) is 155 cm³/mol. The van der Waals surface area contributed by atoms with E-state index < -0.39 is 0 Å². The van der Waals surface area contributed by atoms with Crippen LogP contribution >= 0.6 is 15.9 Å². The highest BCUT2D eigenvalue weighted by Gasteiger charge is 2.17. The zero-order valence-electron chi connectivity index (χ0n) is 25.5. The summed E-state index contributed by atoms with van der Waals surface area (Å²) in [5, 5.41) is 5.02. The highest BCUT2D eigenvalue weighted by atomic mass is 79.9. The lowest BCUT2D eigenvalue weighted by Gasteiger charge is -2.17. The van der Waals surface area contributed by atoms with Gasteiger partial charge in [0.1, 0.15) is 0 Å². The first-order valence-electron chi connectivity index (χ1n) is 14.8. The van der Waals surface area contributed by atoms with E-state index in [2.05, 4.69) is 15.9 Å².